The summed E-state index contributed by atoms with van der Waals surface area (Å²) in [6, 6.07) is 4.62. The van der Waals surface area contributed by atoms with E-state index in [2.05, 4.69) is 18.3 Å². The first-order valence-electron chi connectivity index (χ1n) is 11.0. The monoisotopic (exact) mass is 411 g/mol. The van der Waals surface area contributed by atoms with Gasteiger partial charge in [-0.25, -0.2) is 4.90 Å². The molecule has 1 aromatic rings. The summed E-state index contributed by atoms with van der Waals surface area (Å²) in [7, 11) is 0. The van der Waals surface area contributed by atoms with Crippen LogP contribution in [0, 0.1) is 27.9 Å². The van der Waals surface area contributed by atoms with Crippen LogP contribution in [0.4, 0.5) is 17.1 Å². The van der Waals surface area contributed by atoms with Gasteiger partial charge < -0.3 is 5.32 Å². The van der Waals surface area contributed by atoms with Crippen molar-refractivity contribution in [1.29, 1.82) is 0 Å². The van der Waals surface area contributed by atoms with Crippen molar-refractivity contribution in [3.05, 3.63) is 40.0 Å². The Morgan fingerprint density at radius 2 is 1.97 bits per heavy atom. The van der Waals surface area contributed by atoms with Crippen molar-refractivity contribution in [1.82, 2.24) is 0 Å². The zero-order valence-electron chi connectivity index (χ0n) is 17.4. The fourth-order valence-corrected chi connectivity index (χ4v) is 5.09. The van der Waals surface area contributed by atoms with Gasteiger partial charge in [-0.15, -0.1) is 0 Å². The number of fused-ring (bicyclic) bond motifs is 1. The average Bonchev–Trinajstić information content (AvgIpc) is 2.98. The van der Waals surface area contributed by atoms with Gasteiger partial charge in [-0.1, -0.05) is 18.6 Å². The van der Waals surface area contributed by atoms with E-state index in [0.29, 0.717) is 36.7 Å². The number of anilines is 2. The van der Waals surface area contributed by atoms with Gasteiger partial charge in [-0.2, -0.15) is 0 Å². The number of carbonyl (C=O) groups is 2. The molecule has 7 nitrogen and oxygen atoms in total. The number of nitro benzene ring substituents is 1. The topological polar surface area (TPSA) is 92.6 Å². The lowest BCUT2D eigenvalue weighted by molar-refractivity contribution is -0.383. The zero-order valence-corrected chi connectivity index (χ0v) is 17.4. The molecular weight excluding hydrogens is 382 g/mol. The highest BCUT2D eigenvalue weighted by molar-refractivity contribution is 6.22. The van der Waals surface area contributed by atoms with Crippen molar-refractivity contribution in [3.8, 4) is 0 Å². The molecule has 7 heteroatoms. The predicted octanol–water partition coefficient (Wildman–Crippen LogP) is 4.82. The van der Waals surface area contributed by atoms with Gasteiger partial charge in [0.25, 0.3) is 5.69 Å². The quantitative estimate of drug-likeness (QED) is 0.313. The molecule has 0 radical (unpaired) electrons. The number of rotatable bonds is 6. The number of nitrogens with one attached hydrogen (secondary N) is 1. The maximum Gasteiger partial charge on any atom is 0.294 e. The summed E-state index contributed by atoms with van der Waals surface area (Å²) >= 11 is 0. The summed E-state index contributed by atoms with van der Waals surface area (Å²) in [5.41, 5.74) is 2.02. The Bertz CT molecular complexity index is 894. The molecule has 2 aliphatic carbocycles. The van der Waals surface area contributed by atoms with Crippen LogP contribution in [0.25, 0.3) is 0 Å². The molecule has 30 heavy (non-hydrogen) atoms. The molecule has 3 aliphatic rings. The first-order chi connectivity index (χ1) is 14.5. The van der Waals surface area contributed by atoms with E-state index >= 15 is 0 Å². The van der Waals surface area contributed by atoms with Gasteiger partial charge in [-0.3, -0.25) is 19.7 Å². The second kappa shape index (κ2) is 8.58. The molecule has 1 saturated heterocycles. The lowest BCUT2D eigenvalue weighted by Crippen LogP contribution is -2.31. The van der Waals surface area contributed by atoms with E-state index in [-0.39, 0.29) is 29.3 Å². The Morgan fingerprint density at radius 1 is 1.17 bits per heavy atom. The number of amides is 2. The van der Waals surface area contributed by atoms with Crippen LogP contribution >= 0.6 is 0 Å². The third kappa shape index (κ3) is 3.98. The number of nitrogens with zero attached hydrogens (tertiary/aromatic N) is 2. The normalized spacial score (nSPS) is 26.4. The van der Waals surface area contributed by atoms with E-state index in [1.807, 2.05) is 0 Å². The minimum Gasteiger partial charge on any atom is -0.379 e. The third-order valence-corrected chi connectivity index (χ3v) is 6.77. The minimum atomic E-state index is -0.453. The molecule has 1 aliphatic heterocycles. The number of imide groups is 1. The van der Waals surface area contributed by atoms with E-state index in [9.17, 15) is 19.7 Å². The summed E-state index contributed by atoms with van der Waals surface area (Å²) in [6.45, 7) is 2.72. The van der Waals surface area contributed by atoms with Gasteiger partial charge >= 0.3 is 0 Å². The van der Waals surface area contributed by atoms with E-state index in [1.165, 1.54) is 29.4 Å². The number of hydrogen-bond acceptors (Lipinski definition) is 5. The van der Waals surface area contributed by atoms with E-state index in [1.54, 1.807) is 12.1 Å². The highest BCUT2D eigenvalue weighted by Gasteiger charge is 2.50. The Hall–Kier alpha value is -2.70. The van der Waals surface area contributed by atoms with Gasteiger partial charge in [0.05, 0.1) is 22.4 Å². The van der Waals surface area contributed by atoms with Crippen LogP contribution in [0.3, 0.4) is 0 Å². The Labute approximate surface area is 176 Å². The molecule has 160 valence electrons. The second-order valence-electron chi connectivity index (χ2n) is 8.89. The summed E-state index contributed by atoms with van der Waals surface area (Å²) in [4.78, 5) is 38.2. The van der Waals surface area contributed by atoms with Crippen molar-refractivity contribution < 1.29 is 14.5 Å². The van der Waals surface area contributed by atoms with E-state index in [4.69, 9.17) is 0 Å². The SMILES string of the molecule is C[C@@H]1CC[C@@H]2C(=O)N(c3ccc(NCCC4=CCCCC4)c([N+](=O)[O-])c3)C(=O)[C@H]2C1. The van der Waals surface area contributed by atoms with Crippen molar-refractivity contribution >= 4 is 28.9 Å². The van der Waals surface area contributed by atoms with Crippen LogP contribution in [0.1, 0.15) is 58.3 Å². The molecule has 4 rings (SSSR count). The highest BCUT2D eigenvalue weighted by Crippen LogP contribution is 2.43. The molecule has 0 aromatic heterocycles. The zero-order chi connectivity index (χ0) is 21.3. The number of nitro groups is 1. The van der Waals surface area contributed by atoms with Crippen LogP contribution < -0.4 is 10.2 Å². The van der Waals surface area contributed by atoms with Crippen molar-refractivity contribution in [2.75, 3.05) is 16.8 Å². The predicted molar refractivity (Wildman–Crippen MR) is 115 cm³/mol. The largest absolute Gasteiger partial charge is 0.379 e. The summed E-state index contributed by atoms with van der Waals surface area (Å²) in [5, 5.41) is 14.8. The Morgan fingerprint density at radius 3 is 2.70 bits per heavy atom. The van der Waals surface area contributed by atoms with E-state index < -0.39 is 4.92 Å². The van der Waals surface area contributed by atoms with Gasteiger partial charge in [0.1, 0.15) is 5.69 Å². The van der Waals surface area contributed by atoms with Crippen molar-refractivity contribution in [3.63, 3.8) is 0 Å². The summed E-state index contributed by atoms with van der Waals surface area (Å²) in [5.74, 6) is -0.578. The van der Waals surface area contributed by atoms with Gasteiger partial charge in [0.2, 0.25) is 11.8 Å². The Balaban J connectivity index is 1.51. The fraction of sp³-hybridized carbons (Fsp3) is 0.565. The molecular formula is C23H29N3O4. The van der Waals surface area contributed by atoms with Gasteiger partial charge in [0, 0.05) is 12.6 Å². The maximum absolute atomic E-state index is 12.9. The molecule has 0 bridgehead atoms. The van der Waals surface area contributed by atoms with E-state index in [0.717, 1.165) is 25.7 Å². The fourth-order valence-electron chi connectivity index (χ4n) is 5.09. The van der Waals surface area contributed by atoms with Crippen molar-refractivity contribution in [2.45, 2.75) is 58.3 Å². The number of benzene rings is 1. The summed E-state index contributed by atoms with van der Waals surface area (Å²) < 4.78 is 0. The first kappa shape index (κ1) is 20.6. The minimum absolute atomic E-state index is 0.103. The molecule has 3 atom stereocenters. The molecule has 2 amide bonds. The average molecular weight is 412 g/mol. The van der Waals surface area contributed by atoms with Crippen LogP contribution in [0.5, 0.6) is 0 Å². The van der Waals surface area contributed by atoms with Crippen LogP contribution in [-0.4, -0.2) is 23.3 Å². The highest BCUT2D eigenvalue weighted by atomic mass is 16.6. The molecule has 2 fully saturated rings. The van der Waals surface area contributed by atoms with Crippen LogP contribution in [0.2, 0.25) is 0 Å². The number of allylic oxidation sites excluding steroid dienone is 1. The number of carbonyl (C=O) groups excluding carboxylic acids is 2. The third-order valence-electron chi connectivity index (χ3n) is 6.77. The lowest BCUT2D eigenvalue weighted by Gasteiger charge is -2.25. The molecule has 0 unspecified atom stereocenters. The Kier molecular flexibility index (Phi) is 5.88. The second-order valence-corrected chi connectivity index (χ2v) is 8.89. The molecule has 1 N–H and O–H groups in total. The van der Waals surface area contributed by atoms with Crippen LogP contribution in [0.15, 0.2) is 29.8 Å². The van der Waals surface area contributed by atoms with Crippen molar-refractivity contribution in [2.24, 2.45) is 17.8 Å². The molecule has 1 aromatic carbocycles. The lowest BCUT2D eigenvalue weighted by atomic mass is 9.76. The smallest absolute Gasteiger partial charge is 0.294 e. The van der Waals surface area contributed by atoms with Gasteiger partial charge in [0.15, 0.2) is 0 Å². The summed E-state index contributed by atoms with van der Waals surface area (Å²) in [6.07, 6.45) is 10.2. The van der Waals surface area contributed by atoms with Gasteiger partial charge in [-0.05, 0) is 69.4 Å². The standard InChI is InChI=1S/C23H29N3O4/c1-15-7-9-18-19(13-15)23(28)25(22(18)27)17-8-10-20(21(14-17)26(29)30)24-12-11-16-5-3-2-4-6-16/h5,8,10,14-15,18-19,24H,2-4,6-7,9,11-13H2,1H3/t15-,18+,19+/m1/s1. The molecule has 0 spiro atoms. The molecule has 1 heterocycles. The molecule has 1 saturated carbocycles. The maximum atomic E-state index is 12.9. The van der Waals surface area contributed by atoms with Crippen LogP contribution in [-0.2, 0) is 9.59 Å². The number of hydrogen-bond donors (Lipinski definition) is 1. The first-order valence-corrected chi connectivity index (χ1v) is 11.0.